The highest BCUT2D eigenvalue weighted by Crippen LogP contribution is 2.14. The van der Waals surface area contributed by atoms with Gasteiger partial charge in [-0.1, -0.05) is 6.07 Å². The summed E-state index contributed by atoms with van der Waals surface area (Å²) >= 11 is 0. The Hall–Kier alpha value is -2.36. The molecule has 1 aromatic carbocycles. The molecule has 4 heteroatoms. The average molecular weight is 256 g/mol. The zero-order chi connectivity index (χ0) is 13.7. The Morgan fingerprint density at radius 3 is 2.63 bits per heavy atom. The Bertz CT molecular complexity index is 555. The summed E-state index contributed by atoms with van der Waals surface area (Å²) < 4.78 is 0. The van der Waals surface area contributed by atoms with Gasteiger partial charge in [-0.05, 0) is 42.8 Å². The topological polar surface area (TPSA) is 53.4 Å². The lowest BCUT2D eigenvalue weighted by Gasteiger charge is -2.21. The number of aromatic hydroxyl groups is 1. The number of pyridine rings is 1. The minimum absolute atomic E-state index is 0.0878. The standard InChI is InChI=1S/C15H16N2O2/c1-2-17(11-12-6-8-16-9-7-12)15(19)13-4-3-5-14(18)10-13/h3-10,18H,2,11H2,1H3. The van der Waals surface area contributed by atoms with Gasteiger partial charge in [0.25, 0.3) is 5.91 Å². The molecular formula is C15H16N2O2. The molecule has 2 rings (SSSR count). The van der Waals surface area contributed by atoms with E-state index in [1.165, 1.54) is 6.07 Å². The van der Waals surface area contributed by atoms with Crippen molar-refractivity contribution in [2.24, 2.45) is 0 Å². The Balaban J connectivity index is 2.16. The first kappa shape index (κ1) is 13.1. The van der Waals surface area contributed by atoms with E-state index in [2.05, 4.69) is 4.98 Å². The number of carbonyl (C=O) groups is 1. The third-order valence-electron chi connectivity index (χ3n) is 2.88. The highest BCUT2D eigenvalue weighted by molar-refractivity contribution is 5.94. The van der Waals surface area contributed by atoms with Crippen LogP contribution in [0.15, 0.2) is 48.8 Å². The monoisotopic (exact) mass is 256 g/mol. The number of nitrogens with zero attached hydrogens (tertiary/aromatic N) is 2. The summed E-state index contributed by atoms with van der Waals surface area (Å²) in [5.41, 5.74) is 1.53. The van der Waals surface area contributed by atoms with Crippen molar-refractivity contribution in [3.8, 4) is 5.75 Å². The molecule has 1 N–H and O–H groups in total. The van der Waals surface area contributed by atoms with E-state index in [-0.39, 0.29) is 11.7 Å². The fourth-order valence-corrected chi connectivity index (χ4v) is 1.86. The van der Waals surface area contributed by atoms with Gasteiger partial charge in [-0.2, -0.15) is 0 Å². The number of rotatable bonds is 4. The summed E-state index contributed by atoms with van der Waals surface area (Å²) in [5, 5.41) is 9.43. The maximum absolute atomic E-state index is 12.3. The first-order chi connectivity index (χ1) is 9.20. The van der Waals surface area contributed by atoms with Gasteiger partial charge in [0.1, 0.15) is 5.75 Å². The van der Waals surface area contributed by atoms with E-state index < -0.39 is 0 Å². The van der Waals surface area contributed by atoms with Crippen LogP contribution in [0.3, 0.4) is 0 Å². The predicted octanol–water partition coefficient (Wildman–Crippen LogP) is 2.45. The normalized spacial score (nSPS) is 10.2. The van der Waals surface area contributed by atoms with Gasteiger partial charge in [0.05, 0.1) is 0 Å². The molecule has 1 aromatic heterocycles. The molecule has 0 unspecified atom stereocenters. The van der Waals surface area contributed by atoms with Crippen molar-refractivity contribution < 1.29 is 9.90 Å². The summed E-state index contributed by atoms with van der Waals surface area (Å²) in [6.45, 7) is 3.08. The summed E-state index contributed by atoms with van der Waals surface area (Å²) in [5.74, 6) is 0.0148. The van der Waals surface area contributed by atoms with Crippen LogP contribution in [0.2, 0.25) is 0 Å². The molecule has 0 bridgehead atoms. The maximum Gasteiger partial charge on any atom is 0.254 e. The highest BCUT2D eigenvalue weighted by Gasteiger charge is 2.14. The van der Waals surface area contributed by atoms with Crippen LogP contribution in [-0.4, -0.2) is 27.4 Å². The fourth-order valence-electron chi connectivity index (χ4n) is 1.86. The van der Waals surface area contributed by atoms with Crippen molar-refractivity contribution in [2.75, 3.05) is 6.54 Å². The number of phenols is 1. The maximum atomic E-state index is 12.3. The van der Waals surface area contributed by atoms with Crippen molar-refractivity contribution in [1.29, 1.82) is 0 Å². The summed E-state index contributed by atoms with van der Waals surface area (Å²) in [6, 6.07) is 10.2. The van der Waals surface area contributed by atoms with Gasteiger partial charge < -0.3 is 10.0 Å². The largest absolute Gasteiger partial charge is 0.508 e. The lowest BCUT2D eigenvalue weighted by molar-refractivity contribution is 0.0752. The number of benzene rings is 1. The third-order valence-corrected chi connectivity index (χ3v) is 2.88. The van der Waals surface area contributed by atoms with Gasteiger partial charge >= 0.3 is 0 Å². The molecule has 98 valence electrons. The molecule has 0 aliphatic heterocycles. The van der Waals surface area contributed by atoms with Crippen LogP contribution in [0.5, 0.6) is 5.75 Å². The predicted molar refractivity (Wildman–Crippen MR) is 72.8 cm³/mol. The molecule has 2 aromatic rings. The summed E-state index contributed by atoms with van der Waals surface area (Å²) in [6.07, 6.45) is 3.42. The Labute approximate surface area is 112 Å². The third kappa shape index (κ3) is 3.31. The van der Waals surface area contributed by atoms with E-state index in [9.17, 15) is 9.90 Å². The summed E-state index contributed by atoms with van der Waals surface area (Å²) in [7, 11) is 0. The minimum Gasteiger partial charge on any atom is -0.508 e. The zero-order valence-corrected chi connectivity index (χ0v) is 10.8. The Morgan fingerprint density at radius 1 is 1.26 bits per heavy atom. The van der Waals surface area contributed by atoms with Crippen LogP contribution in [0.4, 0.5) is 0 Å². The molecule has 19 heavy (non-hydrogen) atoms. The molecule has 1 amide bonds. The van der Waals surface area contributed by atoms with E-state index in [1.54, 1.807) is 35.5 Å². The first-order valence-electron chi connectivity index (χ1n) is 6.18. The zero-order valence-electron chi connectivity index (χ0n) is 10.8. The fraction of sp³-hybridized carbons (Fsp3) is 0.200. The SMILES string of the molecule is CCN(Cc1ccncc1)C(=O)c1cccc(O)c1. The van der Waals surface area contributed by atoms with Crippen LogP contribution in [0, 0.1) is 0 Å². The van der Waals surface area contributed by atoms with Crippen molar-refractivity contribution in [3.63, 3.8) is 0 Å². The lowest BCUT2D eigenvalue weighted by Crippen LogP contribution is -2.30. The van der Waals surface area contributed by atoms with Crippen LogP contribution >= 0.6 is 0 Å². The number of amides is 1. The molecule has 0 atom stereocenters. The number of carbonyl (C=O) groups excluding carboxylic acids is 1. The molecule has 4 nitrogen and oxygen atoms in total. The molecule has 0 fully saturated rings. The average Bonchev–Trinajstić information content (AvgIpc) is 2.45. The van der Waals surface area contributed by atoms with E-state index in [1.807, 2.05) is 19.1 Å². The van der Waals surface area contributed by atoms with Crippen LogP contribution in [-0.2, 0) is 6.54 Å². The van der Waals surface area contributed by atoms with Crippen LogP contribution in [0.1, 0.15) is 22.8 Å². The van der Waals surface area contributed by atoms with Crippen LogP contribution < -0.4 is 0 Å². The molecule has 0 saturated carbocycles. The molecule has 0 radical (unpaired) electrons. The second kappa shape index (κ2) is 6.00. The van der Waals surface area contributed by atoms with E-state index in [4.69, 9.17) is 0 Å². The lowest BCUT2D eigenvalue weighted by atomic mass is 10.1. The van der Waals surface area contributed by atoms with E-state index >= 15 is 0 Å². The number of hydrogen-bond donors (Lipinski definition) is 1. The Kier molecular flexibility index (Phi) is 4.13. The molecular weight excluding hydrogens is 240 g/mol. The van der Waals surface area contributed by atoms with Gasteiger partial charge in [-0.3, -0.25) is 9.78 Å². The van der Waals surface area contributed by atoms with Crippen molar-refractivity contribution in [3.05, 3.63) is 59.9 Å². The second-order valence-corrected chi connectivity index (χ2v) is 4.23. The molecule has 0 saturated heterocycles. The first-order valence-corrected chi connectivity index (χ1v) is 6.18. The summed E-state index contributed by atoms with van der Waals surface area (Å²) in [4.78, 5) is 18.0. The molecule has 0 aliphatic rings. The van der Waals surface area contributed by atoms with Gasteiger partial charge in [0, 0.05) is 31.0 Å². The quantitative estimate of drug-likeness (QED) is 0.914. The number of hydrogen-bond acceptors (Lipinski definition) is 3. The van der Waals surface area contributed by atoms with Gasteiger partial charge in [0.2, 0.25) is 0 Å². The molecule has 0 aliphatic carbocycles. The van der Waals surface area contributed by atoms with Crippen LogP contribution in [0.25, 0.3) is 0 Å². The van der Waals surface area contributed by atoms with E-state index in [0.29, 0.717) is 18.7 Å². The Morgan fingerprint density at radius 2 is 2.00 bits per heavy atom. The number of aromatic nitrogens is 1. The molecule has 1 heterocycles. The highest BCUT2D eigenvalue weighted by atomic mass is 16.3. The van der Waals surface area contributed by atoms with Crippen molar-refractivity contribution in [1.82, 2.24) is 9.88 Å². The van der Waals surface area contributed by atoms with Crippen molar-refractivity contribution in [2.45, 2.75) is 13.5 Å². The molecule has 0 spiro atoms. The minimum atomic E-state index is -0.0878. The second-order valence-electron chi connectivity index (χ2n) is 4.23. The van der Waals surface area contributed by atoms with Crippen molar-refractivity contribution >= 4 is 5.91 Å². The van der Waals surface area contributed by atoms with Gasteiger partial charge in [-0.25, -0.2) is 0 Å². The number of phenolic OH excluding ortho intramolecular Hbond substituents is 1. The van der Waals surface area contributed by atoms with Gasteiger partial charge in [0.15, 0.2) is 0 Å². The smallest absolute Gasteiger partial charge is 0.254 e. The van der Waals surface area contributed by atoms with E-state index in [0.717, 1.165) is 5.56 Å². The van der Waals surface area contributed by atoms with Gasteiger partial charge in [-0.15, -0.1) is 0 Å².